The summed E-state index contributed by atoms with van der Waals surface area (Å²) in [5.74, 6) is -0.276. The maximum atomic E-state index is 11.3. The van der Waals surface area contributed by atoms with Gasteiger partial charge < -0.3 is 9.47 Å². The first kappa shape index (κ1) is 16.9. The van der Waals surface area contributed by atoms with Gasteiger partial charge >= 0.3 is 11.9 Å². The van der Waals surface area contributed by atoms with E-state index in [1.807, 2.05) is 0 Å². The second kappa shape index (κ2) is 12.4. The van der Waals surface area contributed by atoms with Crippen LogP contribution in [0.5, 0.6) is 0 Å². The third-order valence-electron chi connectivity index (χ3n) is 2.75. The predicted molar refractivity (Wildman–Crippen MR) is 70.2 cm³/mol. The summed E-state index contributed by atoms with van der Waals surface area (Å²) in [6, 6.07) is 0. The second-order valence-electron chi connectivity index (χ2n) is 4.42. The van der Waals surface area contributed by atoms with Crippen LogP contribution in [-0.2, 0) is 19.1 Å². The summed E-state index contributed by atoms with van der Waals surface area (Å²) < 4.78 is 9.64. The minimum absolute atomic E-state index is 0.0981. The van der Waals surface area contributed by atoms with Crippen molar-refractivity contribution in [2.75, 3.05) is 13.7 Å². The zero-order valence-electron chi connectivity index (χ0n) is 11.7. The third-order valence-corrected chi connectivity index (χ3v) is 2.75. The molecule has 0 fully saturated rings. The highest BCUT2D eigenvalue weighted by Gasteiger charge is 2.03. The van der Waals surface area contributed by atoms with Gasteiger partial charge in [0.1, 0.15) is 0 Å². The van der Waals surface area contributed by atoms with Crippen LogP contribution < -0.4 is 0 Å². The maximum Gasteiger partial charge on any atom is 0.305 e. The molecule has 0 radical (unpaired) electrons. The average Bonchev–Trinajstić information content (AvgIpc) is 2.38. The molecule has 0 aromatic heterocycles. The molecule has 0 saturated heterocycles. The van der Waals surface area contributed by atoms with Crippen LogP contribution in [0.2, 0.25) is 0 Å². The van der Waals surface area contributed by atoms with Gasteiger partial charge in [0.25, 0.3) is 0 Å². The lowest BCUT2D eigenvalue weighted by atomic mass is 10.1. The van der Waals surface area contributed by atoms with Crippen LogP contribution in [0.3, 0.4) is 0 Å². The lowest BCUT2D eigenvalue weighted by molar-refractivity contribution is -0.144. The van der Waals surface area contributed by atoms with E-state index in [1.165, 1.54) is 20.0 Å². The van der Waals surface area contributed by atoms with Crippen molar-refractivity contribution in [2.45, 2.75) is 64.7 Å². The molecule has 0 saturated carbocycles. The van der Waals surface area contributed by atoms with Gasteiger partial charge in [0, 0.05) is 12.8 Å². The molecule has 106 valence electrons. The standard InChI is InChI=1S/C14H26O4/c1-3-4-5-7-11-14(16)18-12-9-6-8-10-13(15)17-2/h3-12H2,1-2H3. The first-order valence-electron chi connectivity index (χ1n) is 6.93. The van der Waals surface area contributed by atoms with E-state index in [9.17, 15) is 9.59 Å². The highest BCUT2D eigenvalue weighted by atomic mass is 16.5. The molecule has 0 heterocycles. The fourth-order valence-corrected chi connectivity index (χ4v) is 1.60. The van der Waals surface area contributed by atoms with Crippen molar-refractivity contribution >= 4 is 11.9 Å². The fourth-order valence-electron chi connectivity index (χ4n) is 1.60. The van der Waals surface area contributed by atoms with Crippen LogP contribution in [0.1, 0.15) is 64.7 Å². The summed E-state index contributed by atoms with van der Waals surface area (Å²) >= 11 is 0. The van der Waals surface area contributed by atoms with Gasteiger partial charge in [0.05, 0.1) is 13.7 Å². The molecule has 18 heavy (non-hydrogen) atoms. The molecule has 0 spiro atoms. The van der Waals surface area contributed by atoms with E-state index in [1.54, 1.807) is 0 Å². The Morgan fingerprint density at radius 1 is 0.833 bits per heavy atom. The quantitative estimate of drug-likeness (QED) is 0.422. The molecule has 0 bridgehead atoms. The highest BCUT2D eigenvalue weighted by Crippen LogP contribution is 2.05. The summed E-state index contributed by atoms with van der Waals surface area (Å²) in [6.45, 7) is 2.61. The van der Waals surface area contributed by atoms with Gasteiger partial charge in [0.15, 0.2) is 0 Å². The number of rotatable bonds is 11. The molecule has 0 N–H and O–H groups in total. The van der Waals surface area contributed by atoms with Crippen LogP contribution in [0.25, 0.3) is 0 Å². The molecule has 0 aliphatic rings. The first-order chi connectivity index (χ1) is 8.70. The first-order valence-corrected chi connectivity index (χ1v) is 6.93. The minimum atomic E-state index is -0.178. The molecule has 4 heteroatoms. The Kier molecular flexibility index (Phi) is 11.7. The van der Waals surface area contributed by atoms with Crippen molar-refractivity contribution in [3.05, 3.63) is 0 Å². The topological polar surface area (TPSA) is 52.6 Å². The van der Waals surface area contributed by atoms with Crippen LogP contribution in [0.4, 0.5) is 0 Å². The van der Waals surface area contributed by atoms with Gasteiger partial charge in [-0.1, -0.05) is 26.2 Å². The number of hydrogen-bond donors (Lipinski definition) is 0. The molecule has 0 atom stereocenters. The Bertz CT molecular complexity index is 226. The molecule has 0 unspecified atom stereocenters. The highest BCUT2D eigenvalue weighted by molar-refractivity contribution is 5.69. The van der Waals surface area contributed by atoms with Gasteiger partial charge in [-0.2, -0.15) is 0 Å². The predicted octanol–water partition coefficient (Wildman–Crippen LogP) is 3.23. The Hall–Kier alpha value is -1.06. The largest absolute Gasteiger partial charge is 0.469 e. The number of carbonyl (C=O) groups is 2. The molecule has 0 aliphatic carbocycles. The molecule has 0 rings (SSSR count). The van der Waals surface area contributed by atoms with Crippen molar-refractivity contribution in [2.24, 2.45) is 0 Å². The normalized spacial score (nSPS) is 10.1. The molecule has 0 aliphatic heterocycles. The Balaban J connectivity index is 3.22. The minimum Gasteiger partial charge on any atom is -0.469 e. The molecule has 4 nitrogen and oxygen atoms in total. The van der Waals surface area contributed by atoms with Crippen molar-refractivity contribution in [1.29, 1.82) is 0 Å². The summed E-state index contributed by atoms with van der Waals surface area (Å²) in [4.78, 5) is 22.1. The van der Waals surface area contributed by atoms with Crippen LogP contribution in [-0.4, -0.2) is 25.7 Å². The Morgan fingerprint density at radius 2 is 1.44 bits per heavy atom. The summed E-state index contributed by atoms with van der Waals surface area (Å²) in [5, 5.41) is 0. The molecular formula is C14H26O4. The van der Waals surface area contributed by atoms with Crippen molar-refractivity contribution < 1.29 is 19.1 Å². The number of hydrogen-bond acceptors (Lipinski definition) is 4. The van der Waals surface area contributed by atoms with E-state index in [0.29, 0.717) is 19.4 Å². The molecule has 0 aromatic rings. The Morgan fingerprint density at radius 3 is 2.06 bits per heavy atom. The van der Waals surface area contributed by atoms with Crippen molar-refractivity contribution in [1.82, 2.24) is 0 Å². The third kappa shape index (κ3) is 11.4. The SMILES string of the molecule is CCCCCCC(=O)OCCCCCC(=O)OC. The number of esters is 2. The summed E-state index contributed by atoms with van der Waals surface area (Å²) in [6.07, 6.45) is 7.86. The Labute approximate surface area is 110 Å². The van der Waals surface area contributed by atoms with E-state index in [-0.39, 0.29) is 11.9 Å². The van der Waals surface area contributed by atoms with Crippen molar-refractivity contribution in [3.8, 4) is 0 Å². The van der Waals surface area contributed by atoms with Gasteiger partial charge in [0.2, 0.25) is 0 Å². The maximum absolute atomic E-state index is 11.3. The van der Waals surface area contributed by atoms with Crippen LogP contribution >= 0.6 is 0 Å². The lowest BCUT2D eigenvalue weighted by Crippen LogP contribution is -2.06. The van der Waals surface area contributed by atoms with Gasteiger partial charge in [-0.15, -0.1) is 0 Å². The zero-order valence-corrected chi connectivity index (χ0v) is 11.7. The number of unbranched alkanes of at least 4 members (excludes halogenated alkanes) is 5. The van der Waals surface area contributed by atoms with E-state index in [4.69, 9.17) is 4.74 Å². The number of methoxy groups -OCH3 is 1. The molecule has 0 aromatic carbocycles. The fraction of sp³-hybridized carbons (Fsp3) is 0.857. The molecule has 0 amide bonds. The van der Waals surface area contributed by atoms with Crippen LogP contribution in [0, 0.1) is 0 Å². The molecular weight excluding hydrogens is 232 g/mol. The van der Waals surface area contributed by atoms with E-state index >= 15 is 0 Å². The van der Waals surface area contributed by atoms with E-state index in [0.717, 1.165) is 32.1 Å². The van der Waals surface area contributed by atoms with Gasteiger partial charge in [-0.25, -0.2) is 0 Å². The number of ether oxygens (including phenoxy) is 2. The number of carbonyl (C=O) groups excluding carboxylic acids is 2. The zero-order chi connectivity index (χ0) is 13.6. The summed E-state index contributed by atoms with van der Waals surface area (Å²) in [7, 11) is 1.39. The lowest BCUT2D eigenvalue weighted by Gasteiger charge is -2.04. The summed E-state index contributed by atoms with van der Waals surface area (Å²) in [5.41, 5.74) is 0. The van der Waals surface area contributed by atoms with Crippen molar-refractivity contribution in [3.63, 3.8) is 0 Å². The smallest absolute Gasteiger partial charge is 0.305 e. The van der Waals surface area contributed by atoms with Gasteiger partial charge in [-0.05, 0) is 25.7 Å². The van der Waals surface area contributed by atoms with Crippen LogP contribution in [0.15, 0.2) is 0 Å². The second-order valence-corrected chi connectivity index (χ2v) is 4.42. The average molecular weight is 258 g/mol. The van der Waals surface area contributed by atoms with E-state index < -0.39 is 0 Å². The monoisotopic (exact) mass is 258 g/mol. The van der Waals surface area contributed by atoms with E-state index in [2.05, 4.69) is 11.7 Å². The van der Waals surface area contributed by atoms with Gasteiger partial charge in [-0.3, -0.25) is 9.59 Å².